The fourth-order valence-corrected chi connectivity index (χ4v) is 8.22. The molecule has 1 aromatic heterocycles. The maximum absolute atomic E-state index is 2.36. The standard InChI is InChI=1S/C45H31NS/c1-46(42-18-10-17-38-40(32-13-6-3-7-14-32)27-35(28-41(38)42)30-11-4-2-5-12-30)36-23-19-31(20-24-36)34-21-25-39-44(29-34)47-43-26-22-33-15-8-9-16-37(33)45(39)43/h2-29H,1H3. The normalized spacial score (nSPS) is 11.5. The quantitative estimate of drug-likeness (QED) is 0.186. The molecule has 0 aliphatic carbocycles. The summed E-state index contributed by atoms with van der Waals surface area (Å²) in [5.74, 6) is 0. The number of hydrogen-bond acceptors (Lipinski definition) is 2. The zero-order valence-electron chi connectivity index (χ0n) is 26.0. The van der Waals surface area contributed by atoms with Gasteiger partial charge in [-0.25, -0.2) is 0 Å². The minimum atomic E-state index is 1.15. The summed E-state index contributed by atoms with van der Waals surface area (Å²) in [5, 5.41) is 7.82. The van der Waals surface area contributed by atoms with Crippen LogP contribution >= 0.6 is 11.3 Å². The highest BCUT2D eigenvalue weighted by Crippen LogP contribution is 2.42. The number of rotatable bonds is 5. The lowest BCUT2D eigenvalue weighted by molar-refractivity contribution is 1.22. The fraction of sp³-hybridized carbons (Fsp3) is 0.0222. The van der Waals surface area contributed by atoms with E-state index in [1.165, 1.54) is 80.8 Å². The molecule has 0 aliphatic heterocycles. The Morgan fingerprint density at radius 3 is 1.89 bits per heavy atom. The monoisotopic (exact) mass is 617 g/mol. The van der Waals surface area contributed by atoms with Gasteiger partial charge in [0, 0.05) is 44.0 Å². The Hall–Kier alpha value is -5.70. The summed E-state index contributed by atoms with van der Waals surface area (Å²) in [4.78, 5) is 2.32. The second kappa shape index (κ2) is 11.3. The molecule has 0 radical (unpaired) electrons. The highest BCUT2D eigenvalue weighted by molar-refractivity contribution is 7.26. The first-order valence-corrected chi connectivity index (χ1v) is 16.9. The third kappa shape index (κ3) is 4.77. The van der Waals surface area contributed by atoms with E-state index < -0.39 is 0 Å². The van der Waals surface area contributed by atoms with Gasteiger partial charge in [-0.2, -0.15) is 0 Å². The van der Waals surface area contributed by atoms with E-state index in [0.29, 0.717) is 0 Å². The van der Waals surface area contributed by atoms with Gasteiger partial charge < -0.3 is 4.90 Å². The van der Waals surface area contributed by atoms with Gasteiger partial charge in [-0.1, -0.05) is 127 Å². The van der Waals surface area contributed by atoms with Crippen LogP contribution in [0.4, 0.5) is 11.4 Å². The van der Waals surface area contributed by atoms with Crippen molar-refractivity contribution in [3.63, 3.8) is 0 Å². The van der Waals surface area contributed by atoms with Crippen LogP contribution in [-0.4, -0.2) is 7.05 Å². The van der Waals surface area contributed by atoms with Crippen LogP contribution in [0, 0.1) is 0 Å². The lowest BCUT2D eigenvalue weighted by atomic mass is 9.92. The zero-order chi connectivity index (χ0) is 31.3. The molecule has 0 spiro atoms. The third-order valence-corrected chi connectivity index (χ3v) is 10.6. The molecular formula is C45H31NS. The van der Waals surface area contributed by atoms with Gasteiger partial charge in [0.05, 0.1) is 0 Å². The average molecular weight is 618 g/mol. The fourth-order valence-electron chi connectivity index (χ4n) is 7.06. The molecule has 0 N–H and O–H groups in total. The Bertz CT molecular complexity index is 2560. The lowest BCUT2D eigenvalue weighted by Crippen LogP contribution is -2.10. The molecule has 8 aromatic carbocycles. The van der Waals surface area contributed by atoms with E-state index in [4.69, 9.17) is 0 Å². The first kappa shape index (κ1) is 27.6. The Morgan fingerprint density at radius 1 is 0.404 bits per heavy atom. The van der Waals surface area contributed by atoms with E-state index >= 15 is 0 Å². The van der Waals surface area contributed by atoms with Crippen molar-refractivity contribution < 1.29 is 0 Å². The van der Waals surface area contributed by atoms with Crippen molar-refractivity contribution in [1.29, 1.82) is 0 Å². The number of fused-ring (bicyclic) bond motifs is 6. The molecule has 0 amide bonds. The first-order chi connectivity index (χ1) is 23.2. The van der Waals surface area contributed by atoms with E-state index in [0.717, 1.165) is 5.69 Å². The van der Waals surface area contributed by atoms with Crippen molar-refractivity contribution in [3.8, 4) is 33.4 Å². The maximum atomic E-state index is 2.36. The molecule has 1 nitrogen and oxygen atoms in total. The summed E-state index contributed by atoms with van der Waals surface area (Å²) in [6.45, 7) is 0. The Morgan fingerprint density at radius 2 is 1.09 bits per heavy atom. The van der Waals surface area contributed by atoms with Crippen LogP contribution in [-0.2, 0) is 0 Å². The summed E-state index contributed by atoms with van der Waals surface area (Å²) >= 11 is 1.88. The third-order valence-electron chi connectivity index (χ3n) is 9.48. The van der Waals surface area contributed by atoms with E-state index in [9.17, 15) is 0 Å². The van der Waals surface area contributed by atoms with Crippen molar-refractivity contribution in [2.24, 2.45) is 0 Å². The van der Waals surface area contributed by atoms with Crippen LogP contribution in [0.5, 0.6) is 0 Å². The summed E-state index contributed by atoms with van der Waals surface area (Å²) in [6.07, 6.45) is 0. The number of hydrogen-bond donors (Lipinski definition) is 0. The van der Waals surface area contributed by atoms with Crippen molar-refractivity contribution >= 4 is 64.4 Å². The molecule has 0 saturated carbocycles. The number of benzene rings is 8. The van der Waals surface area contributed by atoms with Crippen LogP contribution in [0.1, 0.15) is 0 Å². The summed E-state index contributed by atoms with van der Waals surface area (Å²) in [7, 11) is 2.18. The second-order valence-electron chi connectivity index (χ2n) is 12.2. The van der Waals surface area contributed by atoms with Crippen LogP contribution in [0.25, 0.3) is 75.1 Å². The predicted octanol–water partition coefficient (Wildman–Crippen LogP) is 13.1. The van der Waals surface area contributed by atoms with Crippen LogP contribution in [0.15, 0.2) is 170 Å². The van der Waals surface area contributed by atoms with Gasteiger partial charge in [0.15, 0.2) is 0 Å². The SMILES string of the molecule is CN(c1ccc(-c2ccc3c(c2)sc2ccc4ccccc4c23)cc1)c1cccc2c(-c3ccccc3)cc(-c3ccccc3)cc12. The maximum Gasteiger partial charge on any atom is 0.0488 e. The molecule has 9 aromatic rings. The van der Waals surface area contributed by atoms with E-state index in [1.54, 1.807) is 0 Å². The molecule has 1 heterocycles. The molecule has 0 bridgehead atoms. The molecule has 0 aliphatic rings. The van der Waals surface area contributed by atoms with Crippen LogP contribution < -0.4 is 4.90 Å². The van der Waals surface area contributed by atoms with Crippen molar-refractivity contribution in [1.82, 2.24) is 0 Å². The Labute approximate surface area is 278 Å². The highest BCUT2D eigenvalue weighted by Gasteiger charge is 2.15. The molecule has 222 valence electrons. The van der Waals surface area contributed by atoms with Gasteiger partial charge in [0.1, 0.15) is 0 Å². The van der Waals surface area contributed by atoms with Gasteiger partial charge in [0.25, 0.3) is 0 Å². The lowest BCUT2D eigenvalue weighted by Gasteiger charge is -2.23. The van der Waals surface area contributed by atoms with E-state index in [1.807, 2.05) is 11.3 Å². The van der Waals surface area contributed by atoms with E-state index in [-0.39, 0.29) is 0 Å². The molecule has 0 fully saturated rings. The highest BCUT2D eigenvalue weighted by atomic mass is 32.1. The Balaban J connectivity index is 1.11. The largest absolute Gasteiger partial charge is 0.344 e. The molecule has 0 atom stereocenters. The van der Waals surface area contributed by atoms with Gasteiger partial charge in [-0.15, -0.1) is 11.3 Å². The zero-order valence-corrected chi connectivity index (χ0v) is 26.8. The van der Waals surface area contributed by atoms with Gasteiger partial charge in [0.2, 0.25) is 0 Å². The van der Waals surface area contributed by atoms with Crippen molar-refractivity contribution in [3.05, 3.63) is 170 Å². The first-order valence-electron chi connectivity index (χ1n) is 16.1. The van der Waals surface area contributed by atoms with Crippen LogP contribution in [0.2, 0.25) is 0 Å². The second-order valence-corrected chi connectivity index (χ2v) is 13.3. The smallest absolute Gasteiger partial charge is 0.0488 e. The molecular weight excluding hydrogens is 587 g/mol. The Kier molecular flexibility index (Phi) is 6.62. The topological polar surface area (TPSA) is 3.24 Å². The molecule has 0 unspecified atom stereocenters. The molecule has 9 rings (SSSR count). The van der Waals surface area contributed by atoms with E-state index in [2.05, 4.69) is 182 Å². The summed E-state index contributed by atoms with van der Waals surface area (Å²) < 4.78 is 2.67. The number of anilines is 2. The van der Waals surface area contributed by atoms with Crippen molar-refractivity contribution in [2.45, 2.75) is 0 Å². The van der Waals surface area contributed by atoms with Crippen LogP contribution in [0.3, 0.4) is 0 Å². The summed E-state index contributed by atoms with van der Waals surface area (Å²) in [5.41, 5.74) is 9.72. The minimum absolute atomic E-state index is 1.15. The average Bonchev–Trinajstić information content (AvgIpc) is 3.53. The van der Waals surface area contributed by atoms with Gasteiger partial charge >= 0.3 is 0 Å². The summed E-state index contributed by atoms with van der Waals surface area (Å²) in [6, 6.07) is 61.9. The molecule has 47 heavy (non-hydrogen) atoms. The number of nitrogens with zero attached hydrogens (tertiary/aromatic N) is 1. The van der Waals surface area contributed by atoms with Gasteiger partial charge in [-0.05, 0) is 92.0 Å². The minimum Gasteiger partial charge on any atom is -0.344 e. The van der Waals surface area contributed by atoms with Crippen molar-refractivity contribution in [2.75, 3.05) is 11.9 Å². The predicted molar refractivity (Wildman–Crippen MR) is 205 cm³/mol. The molecule has 2 heteroatoms. The number of thiophene rings is 1. The van der Waals surface area contributed by atoms with Gasteiger partial charge in [-0.3, -0.25) is 0 Å². The molecule has 0 saturated heterocycles.